The molecular weight excluding hydrogens is 181 g/mol. The second-order valence-electron chi connectivity index (χ2n) is 3.07. The summed E-state index contributed by atoms with van der Waals surface area (Å²) >= 11 is 0. The van der Waals surface area contributed by atoms with Crippen LogP contribution in [0.2, 0.25) is 0 Å². The molecule has 4 heteroatoms. The molecule has 78 valence electrons. The first-order valence-electron chi connectivity index (χ1n) is 4.19. The fourth-order valence-electron chi connectivity index (χ4n) is 0.859. The lowest BCUT2D eigenvalue weighted by Gasteiger charge is -2.31. The van der Waals surface area contributed by atoms with Gasteiger partial charge in [-0.05, 0) is 13.3 Å². The van der Waals surface area contributed by atoms with Gasteiger partial charge < -0.3 is 4.74 Å². The summed E-state index contributed by atoms with van der Waals surface area (Å²) in [6.45, 7) is 6.22. The smallest absolute Gasteiger partial charge is 0.366 e. The third-order valence-electron chi connectivity index (χ3n) is 1.76. The highest BCUT2D eigenvalue weighted by Gasteiger charge is 2.51. The van der Waals surface area contributed by atoms with Crippen LogP contribution in [0.25, 0.3) is 0 Å². The fourth-order valence-corrected chi connectivity index (χ4v) is 0.859. The number of hydrogen-bond acceptors (Lipinski definition) is 1. The average Bonchev–Trinajstić information content (AvgIpc) is 1.99. The van der Waals surface area contributed by atoms with E-state index in [0.29, 0.717) is 6.42 Å². The van der Waals surface area contributed by atoms with Crippen LogP contribution >= 0.6 is 0 Å². The lowest BCUT2D eigenvalue weighted by molar-refractivity contribution is -0.269. The molecule has 0 N–H and O–H groups in total. The van der Waals surface area contributed by atoms with Crippen LogP contribution in [0.3, 0.4) is 0 Å². The summed E-state index contributed by atoms with van der Waals surface area (Å²) in [6, 6.07) is 0. The highest BCUT2D eigenvalue weighted by Crippen LogP contribution is 2.36. The molecule has 0 aromatic heterocycles. The van der Waals surface area contributed by atoms with Crippen molar-refractivity contribution in [2.24, 2.45) is 0 Å². The van der Waals surface area contributed by atoms with E-state index in [1.165, 1.54) is 6.08 Å². The van der Waals surface area contributed by atoms with Crippen LogP contribution in [0.1, 0.15) is 26.7 Å². The molecule has 1 nitrogen and oxygen atoms in total. The Morgan fingerprint density at radius 3 is 2.23 bits per heavy atom. The fraction of sp³-hybridized carbons (Fsp3) is 0.778. The van der Waals surface area contributed by atoms with Crippen molar-refractivity contribution in [1.82, 2.24) is 0 Å². The minimum Gasteiger partial charge on any atom is -0.366 e. The van der Waals surface area contributed by atoms with E-state index in [2.05, 4.69) is 6.58 Å². The molecule has 0 aliphatic heterocycles. The second kappa shape index (κ2) is 4.65. The number of ether oxygens (including phenoxy) is 1. The van der Waals surface area contributed by atoms with Gasteiger partial charge in [-0.2, -0.15) is 13.2 Å². The summed E-state index contributed by atoms with van der Waals surface area (Å²) in [4.78, 5) is 0. The molecule has 0 aromatic rings. The molecule has 0 aliphatic rings. The van der Waals surface area contributed by atoms with Crippen LogP contribution in [0.5, 0.6) is 0 Å². The third kappa shape index (κ3) is 3.38. The Labute approximate surface area is 76.6 Å². The standard InChI is InChI=1S/C9H15F3O/c1-4-6-8(3,9(10,11)12)13-7-5-2/h4H,1,5-7H2,2-3H3. The van der Waals surface area contributed by atoms with Crippen molar-refractivity contribution in [2.75, 3.05) is 6.61 Å². The number of alkyl halides is 3. The molecule has 0 saturated heterocycles. The Kier molecular flexibility index (Phi) is 4.47. The SMILES string of the molecule is C=CCC(C)(OCCC)C(F)(F)F. The quantitative estimate of drug-likeness (QED) is 0.613. The van der Waals surface area contributed by atoms with Gasteiger partial charge in [-0.3, -0.25) is 0 Å². The molecule has 1 atom stereocenters. The molecule has 0 saturated carbocycles. The molecule has 0 aromatic carbocycles. The molecule has 0 bridgehead atoms. The second-order valence-corrected chi connectivity index (χ2v) is 3.07. The molecule has 1 unspecified atom stereocenters. The Bertz CT molecular complexity index is 165. The summed E-state index contributed by atoms with van der Waals surface area (Å²) in [5.41, 5.74) is -2.08. The van der Waals surface area contributed by atoms with Crippen LogP contribution < -0.4 is 0 Å². The van der Waals surface area contributed by atoms with Crippen molar-refractivity contribution in [2.45, 2.75) is 38.5 Å². The van der Waals surface area contributed by atoms with Crippen LogP contribution in [0.15, 0.2) is 12.7 Å². The van der Waals surface area contributed by atoms with Gasteiger partial charge in [-0.1, -0.05) is 13.0 Å². The molecule has 0 aliphatic carbocycles. The maximum atomic E-state index is 12.4. The maximum Gasteiger partial charge on any atom is 0.417 e. The highest BCUT2D eigenvalue weighted by atomic mass is 19.4. The van der Waals surface area contributed by atoms with E-state index in [0.717, 1.165) is 6.92 Å². The number of halogens is 3. The number of rotatable bonds is 5. The predicted molar refractivity (Wildman–Crippen MR) is 45.5 cm³/mol. The first kappa shape index (κ1) is 12.5. The van der Waals surface area contributed by atoms with Crippen LogP contribution in [-0.4, -0.2) is 18.4 Å². The minimum absolute atomic E-state index is 0.115. The Morgan fingerprint density at radius 2 is 1.92 bits per heavy atom. The largest absolute Gasteiger partial charge is 0.417 e. The van der Waals surface area contributed by atoms with Crippen molar-refractivity contribution in [3.63, 3.8) is 0 Å². The molecular formula is C9H15F3O. The topological polar surface area (TPSA) is 9.23 Å². The first-order chi connectivity index (χ1) is 5.87. The van der Waals surface area contributed by atoms with Crippen molar-refractivity contribution in [3.8, 4) is 0 Å². The van der Waals surface area contributed by atoms with Gasteiger partial charge >= 0.3 is 6.18 Å². The summed E-state index contributed by atoms with van der Waals surface area (Å²) in [6.07, 6.45) is -2.75. The molecule has 0 rings (SSSR count). The van der Waals surface area contributed by atoms with Gasteiger partial charge in [-0.25, -0.2) is 0 Å². The van der Waals surface area contributed by atoms with Crippen molar-refractivity contribution < 1.29 is 17.9 Å². The minimum atomic E-state index is -4.34. The zero-order valence-corrected chi connectivity index (χ0v) is 7.95. The van der Waals surface area contributed by atoms with Crippen LogP contribution in [0.4, 0.5) is 13.2 Å². The zero-order valence-electron chi connectivity index (χ0n) is 7.95. The Morgan fingerprint density at radius 1 is 1.38 bits per heavy atom. The van der Waals surface area contributed by atoms with Gasteiger partial charge in [0, 0.05) is 13.0 Å². The van der Waals surface area contributed by atoms with Crippen LogP contribution in [-0.2, 0) is 4.74 Å². The van der Waals surface area contributed by atoms with Crippen molar-refractivity contribution in [3.05, 3.63) is 12.7 Å². The number of hydrogen-bond donors (Lipinski definition) is 0. The first-order valence-corrected chi connectivity index (χ1v) is 4.19. The van der Waals surface area contributed by atoms with Crippen molar-refractivity contribution in [1.29, 1.82) is 0 Å². The molecule has 13 heavy (non-hydrogen) atoms. The average molecular weight is 196 g/mol. The summed E-state index contributed by atoms with van der Waals surface area (Å²) in [5.74, 6) is 0. The monoisotopic (exact) mass is 196 g/mol. The van der Waals surface area contributed by atoms with E-state index < -0.39 is 11.8 Å². The summed E-state index contributed by atoms with van der Waals surface area (Å²) in [7, 11) is 0. The van der Waals surface area contributed by atoms with Gasteiger partial charge in [0.05, 0.1) is 0 Å². The van der Waals surface area contributed by atoms with Crippen molar-refractivity contribution >= 4 is 0 Å². The van der Waals surface area contributed by atoms with Gasteiger partial charge in [0.1, 0.15) is 0 Å². The van der Waals surface area contributed by atoms with Gasteiger partial charge in [0.25, 0.3) is 0 Å². The van der Waals surface area contributed by atoms with E-state index in [-0.39, 0.29) is 13.0 Å². The maximum absolute atomic E-state index is 12.4. The van der Waals surface area contributed by atoms with Gasteiger partial charge in [-0.15, -0.1) is 6.58 Å². The van der Waals surface area contributed by atoms with E-state index in [4.69, 9.17) is 4.74 Å². The Hall–Kier alpha value is -0.510. The van der Waals surface area contributed by atoms with E-state index >= 15 is 0 Å². The van der Waals surface area contributed by atoms with E-state index in [1.807, 2.05) is 0 Å². The van der Waals surface area contributed by atoms with E-state index in [9.17, 15) is 13.2 Å². The highest BCUT2D eigenvalue weighted by molar-refractivity contribution is 4.90. The molecule has 0 heterocycles. The molecule has 0 fully saturated rings. The predicted octanol–water partition coefficient (Wildman–Crippen LogP) is 3.31. The third-order valence-corrected chi connectivity index (χ3v) is 1.76. The van der Waals surface area contributed by atoms with Gasteiger partial charge in [0.15, 0.2) is 5.60 Å². The molecule has 0 amide bonds. The zero-order chi connectivity index (χ0) is 10.5. The summed E-state index contributed by atoms with van der Waals surface area (Å²) < 4.78 is 42.1. The molecule has 0 spiro atoms. The lowest BCUT2D eigenvalue weighted by Crippen LogP contribution is -2.44. The lowest BCUT2D eigenvalue weighted by atomic mass is 10.0. The summed E-state index contributed by atoms with van der Waals surface area (Å²) in [5, 5.41) is 0. The normalized spacial score (nSPS) is 16.7. The van der Waals surface area contributed by atoms with Gasteiger partial charge in [0.2, 0.25) is 0 Å². The van der Waals surface area contributed by atoms with E-state index in [1.54, 1.807) is 6.92 Å². The molecule has 0 radical (unpaired) electrons. The van der Waals surface area contributed by atoms with Crippen LogP contribution in [0, 0.1) is 0 Å². The Balaban J connectivity index is 4.42.